The standard InChI is InChI=1S/C15H15Br2NS/c16-9-11-3-4-13(8-15(11)17)18(12-5-6-12)10-14-2-1-7-19-14/h1-4,7-8,12H,5-6,9-10H2. The number of thiophene rings is 1. The minimum absolute atomic E-state index is 0.726. The first-order valence-electron chi connectivity index (χ1n) is 6.41. The molecule has 2 aromatic rings. The normalized spacial score (nSPS) is 14.6. The Morgan fingerprint density at radius 2 is 2.11 bits per heavy atom. The smallest absolute Gasteiger partial charge is 0.0525 e. The third-order valence-electron chi connectivity index (χ3n) is 3.41. The summed E-state index contributed by atoms with van der Waals surface area (Å²) in [4.78, 5) is 3.97. The van der Waals surface area contributed by atoms with E-state index in [0.717, 1.165) is 17.9 Å². The van der Waals surface area contributed by atoms with Crippen molar-refractivity contribution in [2.45, 2.75) is 30.8 Å². The lowest BCUT2D eigenvalue weighted by Gasteiger charge is -2.24. The predicted octanol–water partition coefficient (Wildman–Crippen LogP) is 5.57. The van der Waals surface area contributed by atoms with Crippen LogP contribution in [0.4, 0.5) is 5.69 Å². The fraction of sp³-hybridized carbons (Fsp3) is 0.333. The maximum atomic E-state index is 3.67. The molecule has 1 fully saturated rings. The molecule has 0 radical (unpaired) electrons. The van der Waals surface area contributed by atoms with Gasteiger partial charge >= 0.3 is 0 Å². The maximum Gasteiger partial charge on any atom is 0.0525 e. The molecule has 1 aromatic heterocycles. The fourth-order valence-electron chi connectivity index (χ4n) is 2.21. The summed E-state index contributed by atoms with van der Waals surface area (Å²) in [5.74, 6) is 0. The van der Waals surface area contributed by atoms with Gasteiger partial charge in [-0.15, -0.1) is 11.3 Å². The van der Waals surface area contributed by atoms with E-state index < -0.39 is 0 Å². The van der Waals surface area contributed by atoms with Crippen molar-refractivity contribution in [3.63, 3.8) is 0 Å². The molecular formula is C15H15Br2NS. The van der Waals surface area contributed by atoms with Gasteiger partial charge in [0.2, 0.25) is 0 Å². The Morgan fingerprint density at radius 1 is 1.26 bits per heavy atom. The summed E-state index contributed by atoms with van der Waals surface area (Å²) in [6.45, 7) is 1.03. The lowest BCUT2D eigenvalue weighted by atomic mass is 10.2. The number of anilines is 1. The molecule has 0 amide bonds. The summed E-state index contributed by atoms with van der Waals surface area (Å²) in [5, 5.41) is 3.05. The lowest BCUT2D eigenvalue weighted by Crippen LogP contribution is -2.24. The number of halogens is 2. The zero-order chi connectivity index (χ0) is 13.2. The highest BCUT2D eigenvalue weighted by Gasteiger charge is 2.29. The highest BCUT2D eigenvalue weighted by molar-refractivity contribution is 9.10. The summed E-state index contributed by atoms with van der Waals surface area (Å²) < 4.78 is 1.19. The summed E-state index contributed by atoms with van der Waals surface area (Å²) in [7, 11) is 0. The Bertz CT molecular complexity index is 549. The molecule has 1 heterocycles. The van der Waals surface area contributed by atoms with Crippen LogP contribution in [0, 0.1) is 0 Å². The monoisotopic (exact) mass is 399 g/mol. The van der Waals surface area contributed by atoms with E-state index >= 15 is 0 Å². The number of nitrogens with zero attached hydrogens (tertiary/aromatic N) is 1. The third kappa shape index (κ3) is 3.23. The van der Waals surface area contributed by atoms with Crippen LogP contribution in [0.15, 0.2) is 40.2 Å². The van der Waals surface area contributed by atoms with Crippen molar-refractivity contribution in [2.75, 3.05) is 4.90 Å². The number of alkyl halides is 1. The Labute approximate surface area is 134 Å². The summed E-state index contributed by atoms with van der Waals surface area (Å²) >= 11 is 9.03. The SMILES string of the molecule is BrCc1ccc(N(Cc2cccs2)C2CC2)cc1Br. The van der Waals surface area contributed by atoms with E-state index in [1.807, 2.05) is 11.3 Å². The minimum Gasteiger partial charge on any atom is -0.363 e. The van der Waals surface area contributed by atoms with Crippen molar-refractivity contribution >= 4 is 48.9 Å². The van der Waals surface area contributed by atoms with E-state index in [4.69, 9.17) is 0 Å². The first-order chi connectivity index (χ1) is 9.28. The van der Waals surface area contributed by atoms with Gasteiger partial charge in [-0.2, -0.15) is 0 Å². The molecule has 1 saturated carbocycles. The van der Waals surface area contributed by atoms with Crippen LogP contribution in [-0.4, -0.2) is 6.04 Å². The molecule has 3 rings (SSSR count). The van der Waals surface area contributed by atoms with Gasteiger partial charge < -0.3 is 4.90 Å². The Morgan fingerprint density at radius 3 is 2.68 bits per heavy atom. The van der Waals surface area contributed by atoms with Crippen LogP contribution in [-0.2, 0) is 11.9 Å². The molecule has 4 heteroatoms. The quantitative estimate of drug-likeness (QED) is 0.592. The Hall–Kier alpha value is -0.320. The van der Waals surface area contributed by atoms with E-state index in [2.05, 4.69) is 72.5 Å². The van der Waals surface area contributed by atoms with Crippen LogP contribution in [0.3, 0.4) is 0 Å². The maximum absolute atomic E-state index is 3.67. The summed E-state index contributed by atoms with van der Waals surface area (Å²) in [6, 6.07) is 11.8. The zero-order valence-electron chi connectivity index (χ0n) is 10.5. The highest BCUT2D eigenvalue weighted by Crippen LogP contribution is 2.35. The molecular weight excluding hydrogens is 386 g/mol. The molecule has 0 bridgehead atoms. The molecule has 0 saturated heterocycles. The Kier molecular flexibility index (Phi) is 4.30. The molecule has 1 aliphatic rings. The molecule has 0 atom stereocenters. The Balaban J connectivity index is 1.85. The van der Waals surface area contributed by atoms with Crippen molar-refractivity contribution in [1.82, 2.24) is 0 Å². The number of rotatable bonds is 5. The molecule has 0 unspecified atom stereocenters. The average Bonchev–Trinajstić information content (AvgIpc) is 3.13. The molecule has 0 aliphatic heterocycles. The summed E-state index contributed by atoms with van der Waals surface area (Å²) in [6.07, 6.45) is 2.65. The first kappa shape index (κ1) is 13.7. The lowest BCUT2D eigenvalue weighted by molar-refractivity contribution is 0.803. The van der Waals surface area contributed by atoms with Crippen molar-refractivity contribution < 1.29 is 0 Å². The van der Waals surface area contributed by atoms with Gasteiger partial charge in [0.05, 0.1) is 6.54 Å². The van der Waals surface area contributed by atoms with Crippen molar-refractivity contribution in [3.8, 4) is 0 Å². The van der Waals surface area contributed by atoms with Crippen LogP contribution >= 0.6 is 43.2 Å². The van der Waals surface area contributed by atoms with Crippen LogP contribution < -0.4 is 4.90 Å². The molecule has 0 spiro atoms. The number of hydrogen-bond donors (Lipinski definition) is 0. The average molecular weight is 401 g/mol. The van der Waals surface area contributed by atoms with Gasteiger partial charge in [0, 0.05) is 26.4 Å². The molecule has 19 heavy (non-hydrogen) atoms. The largest absolute Gasteiger partial charge is 0.363 e. The molecule has 1 nitrogen and oxygen atoms in total. The first-order valence-corrected chi connectivity index (χ1v) is 9.21. The van der Waals surface area contributed by atoms with Crippen LogP contribution in [0.25, 0.3) is 0 Å². The topological polar surface area (TPSA) is 3.24 Å². The van der Waals surface area contributed by atoms with E-state index in [1.165, 1.54) is 33.4 Å². The van der Waals surface area contributed by atoms with Crippen molar-refractivity contribution in [3.05, 3.63) is 50.6 Å². The molecule has 100 valence electrons. The second kappa shape index (κ2) is 5.98. The van der Waals surface area contributed by atoms with Gasteiger partial charge in [0.15, 0.2) is 0 Å². The zero-order valence-corrected chi connectivity index (χ0v) is 14.5. The molecule has 1 aliphatic carbocycles. The molecule has 1 aromatic carbocycles. The van der Waals surface area contributed by atoms with E-state index in [1.54, 1.807) is 0 Å². The van der Waals surface area contributed by atoms with Crippen LogP contribution in [0.2, 0.25) is 0 Å². The number of hydrogen-bond acceptors (Lipinski definition) is 2. The van der Waals surface area contributed by atoms with Gasteiger partial charge in [0.1, 0.15) is 0 Å². The van der Waals surface area contributed by atoms with Crippen molar-refractivity contribution in [2.24, 2.45) is 0 Å². The molecule has 0 N–H and O–H groups in total. The highest BCUT2D eigenvalue weighted by atomic mass is 79.9. The second-order valence-corrected chi connectivity index (χ2v) is 7.30. The van der Waals surface area contributed by atoms with Gasteiger partial charge in [-0.25, -0.2) is 0 Å². The van der Waals surface area contributed by atoms with E-state index in [9.17, 15) is 0 Å². The summed E-state index contributed by atoms with van der Waals surface area (Å²) in [5.41, 5.74) is 2.63. The second-order valence-electron chi connectivity index (χ2n) is 4.85. The fourth-order valence-corrected chi connectivity index (χ4v) is 4.29. The third-order valence-corrected chi connectivity index (χ3v) is 5.61. The van der Waals surface area contributed by atoms with Crippen LogP contribution in [0.1, 0.15) is 23.3 Å². The van der Waals surface area contributed by atoms with Gasteiger partial charge in [0.25, 0.3) is 0 Å². The van der Waals surface area contributed by atoms with Gasteiger partial charge in [-0.3, -0.25) is 0 Å². The van der Waals surface area contributed by atoms with E-state index in [-0.39, 0.29) is 0 Å². The van der Waals surface area contributed by atoms with Gasteiger partial charge in [-0.05, 0) is 42.0 Å². The minimum atomic E-state index is 0.726. The number of benzene rings is 1. The van der Waals surface area contributed by atoms with Gasteiger partial charge in [-0.1, -0.05) is 44.0 Å². The predicted molar refractivity (Wildman–Crippen MR) is 90.3 cm³/mol. The van der Waals surface area contributed by atoms with E-state index in [0.29, 0.717) is 0 Å². The van der Waals surface area contributed by atoms with Crippen molar-refractivity contribution in [1.29, 1.82) is 0 Å². The van der Waals surface area contributed by atoms with Crippen LogP contribution in [0.5, 0.6) is 0 Å².